The lowest BCUT2D eigenvalue weighted by Crippen LogP contribution is -2.29. The summed E-state index contributed by atoms with van der Waals surface area (Å²) >= 11 is 0. The lowest BCUT2D eigenvalue weighted by molar-refractivity contribution is 0.0697. The van der Waals surface area contributed by atoms with Gasteiger partial charge in [-0.2, -0.15) is 0 Å². The van der Waals surface area contributed by atoms with Crippen LogP contribution < -0.4 is 5.69 Å². The van der Waals surface area contributed by atoms with E-state index >= 15 is 0 Å². The molecule has 0 aliphatic carbocycles. The predicted molar refractivity (Wildman–Crippen MR) is 125 cm³/mol. The molecule has 0 amide bonds. The summed E-state index contributed by atoms with van der Waals surface area (Å²) in [6.45, 7) is 6.55. The first-order chi connectivity index (χ1) is 15.3. The Morgan fingerprint density at radius 1 is 1.03 bits per heavy atom. The van der Waals surface area contributed by atoms with Gasteiger partial charge in [0.15, 0.2) is 0 Å². The molecular weight excluding hydrogens is 404 g/mol. The zero-order chi connectivity index (χ0) is 23.3. The van der Waals surface area contributed by atoms with E-state index in [1.165, 1.54) is 4.57 Å². The van der Waals surface area contributed by atoms with E-state index in [1.54, 1.807) is 29.0 Å². The first-order valence-corrected chi connectivity index (χ1v) is 11.1. The van der Waals surface area contributed by atoms with Crippen LogP contribution in [0, 0.1) is 5.92 Å². The number of carbonyl (C=O) groups is 2. The van der Waals surface area contributed by atoms with Crippen LogP contribution >= 0.6 is 0 Å². The second-order valence-corrected chi connectivity index (χ2v) is 8.48. The lowest BCUT2D eigenvalue weighted by Gasteiger charge is -2.10. The Balaban J connectivity index is 1.92. The number of nitrogens with zero attached hydrogens (tertiary/aromatic N) is 2. The summed E-state index contributed by atoms with van der Waals surface area (Å²) in [5, 5.41) is 9.44. The van der Waals surface area contributed by atoms with E-state index in [-0.39, 0.29) is 17.2 Å². The maximum absolute atomic E-state index is 13.0. The predicted octanol–water partition coefficient (Wildman–Crippen LogP) is 5.09. The van der Waals surface area contributed by atoms with Gasteiger partial charge in [-0.25, -0.2) is 14.2 Å². The number of imidazole rings is 1. The van der Waals surface area contributed by atoms with Gasteiger partial charge in [0.2, 0.25) is 5.91 Å². The number of rotatable bonds is 9. The molecule has 6 heteroatoms. The molecule has 0 aliphatic heterocycles. The average Bonchev–Trinajstić information content (AvgIpc) is 3.08. The lowest BCUT2D eigenvalue weighted by atomic mass is 9.98. The molecule has 0 radical (unpaired) electrons. The minimum absolute atomic E-state index is 0.178. The fourth-order valence-corrected chi connectivity index (χ4v) is 3.74. The summed E-state index contributed by atoms with van der Waals surface area (Å²) in [6.07, 6.45) is 4.38. The van der Waals surface area contributed by atoms with Crippen LogP contribution in [0.3, 0.4) is 0 Å². The van der Waals surface area contributed by atoms with E-state index in [2.05, 4.69) is 13.8 Å². The van der Waals surface area contributed by atoms with Crippen molar-refractivity contribution in [2.45, 2.75) is 53.0 Å². The maximum Gasteiger partial charge on any atom is 0.336 e. The monoisotopic (exact) mass is 434 g/mol. The van der Waals surface area contributed by atoms with E-state index < -0.39 is 5.97 Å². The van der Waals surface area contributed by atoms with Crippen LogP contribution in [0.5, 0.6) is 0 Å². The third-order valence-electron chi connectivity index (χ3n) is 5.54. The molecule has 0 spiro atoms. The van der Waals surface area contributed by atoms with Crippen LogP contribution in [0.25, 0.3) is 11.1 Å². The fourth-order valence-electron chi connectivity index (χ4n) is 3.74. The molecule has 3 aromatic rings. The second kappa shape index (κ2) is 10.3. The van der Waals surface area contributed by atoms with Crippen molar-refractivity contribution in [3.8, 4) is 11.1 Å². The molecule has 168 valence electrons. The minimum atomic E-state index is -0.968. The first kappa shape index (κ1) is 23.3. The highest BCUT2D eigenvalue weighted by Crippen LogP contribution is 2.24. The summed E-state index contributed by atoms with van der Waals surface area (Å²) in [7, 11) is 0. The number of hydrogen-bond donors (Lipinski definition) is 1. The molecule has 0 fully saturated rings. The van der Waals surface area contributed by atoms with Crippen molar-refractivity contribution in [2.24, 2.45) is 5.92 Å². The van der Waals surface area contributed by atoms with E-state index in [0.29, 0.717) is 30.9 Å². The molecule has 0 saturated carbocycles. The minimum Gasteiger partial charge on any atom is -0.478 e. The smallest absolute Gasteiger partial charge is 0.336 e. The summed E-state index contributed by atoms with van der Waals surface area (Å²) < 4.78 is 2.92. The Labute approximate surface area is 188 Å². The van der Waals surface area contributed by atoms with Crippen LogP contribution in [-0.4, -0.2) is 26.1 Å². The number of carboxylic acids is 1. The van der Waals surface area contributed by atoms with Crippen molar-refractivity contribution in [1.29, 1.82) is 0 Å². The largest absolute Gasteiger partial charge is 0.478 e. The molecular formula is C26H30N2O4. The van der Waals surface area contributed by atoms with E-state index in [9.17, 15) is 19.5 Å². The third-order valence-corrected chi connectivity index (χ3v) is 5.54. The van der Waals surface area contributed by atoms with Gasteiger partial charge in [-0.1, -0.05) is 63.2 Å². The Morgan fingerprint density at radius 3 is 2.34 bits per heavy atom. The van der Waals surface area contributed by atoms with Gasteiger partial charge in [-0.05, 0) is 47.9 Å². The summed E-state index contributed by atoms with van der Waals surface area (Å²) in [6, 6.07) is 14.4. The molecule has 0 unspecified atom stereocenters. The number of aromatic nitrogens is 2. The number of aryl methyl sites for hydroxylation is 1. The molecule has 6 nitrogen and oxygen atoms in total. The highest BCUT2D eigenvalue weighted by Gasteiger charge is 2.17. The molecule has 32 heavy (non-hydrogen) atoms. The van der Waals surface area contributed by atoms with Crippen LogP contribution in [0.1, 0.15) is 66.4 Å². The summed E-state index contributed by atoms with van der Waals surface area (Å²) in [5.74, 6) is -0.659. The van der Waals surface area contributed by atoms with Gasteiger partial charge in [0.1, 0.15) is 0 Å². The summed E-state index contributed by atoms with van der Waals surface area (Å²) in [4.78, 5) is 36.9. The molecule has 1 heterocycles. The topological polar surface area (TPSA) is 81.3 Å². The SMILES string of the molecule is CCCC(=O)n1cc(CCC(C)C)n(Cc2ccc(-c3ccccc3C(=O)O)cc2)c1=O. The third kappa shape index (κ3) is 5.25. The fraction of sp³-hybridized carbons (Fsp3) is 0.346. The molecule has 0 bridgehead atoms. The van der Waals surface area contributed by atoms with E-state index in [0.717, 1.165) is 29.7 Å². The zero-order valence-electron chi connectivity index (χ0n) is 18.9. The van der Waals surface area contributed by atoms with Crippen molar-refractivity contribution in [3.05, 3.63) is 82.0 Å². The van der Waals surface area contributed by atoms with Gasteiger partial charge < -0.3 is 5.11 Å². The maximum atomic E-state index is 13.0. The van der Waals surface area contributed by atoms with Gasteiger partial charge in [-0.3, -0.25) is 9.36 Å². The molecule has 3 rings (SSSR count). The molecule has 0 aliphatic rings. The second-order valence-electron chi connectivity index (χ2n) is 8.48. The van der Waals surface area contributed by atoms with Crippen molar-refractivity contribution in [3.63, 3.8) is 0 Å². The highest BCUT2D eigenvalue weighted by atomic mass is 16.4. The Bertz CT molecular complexity index is 1150. The van der Waals surface area contributed by atoms with Gasteiger partial charge in [0.05, 0.1) is 12.1 Å². The van der Waals surface area contributed by atoms with Gasteiger partial charge >= 0.3 is 11.7 Å². The zero-order valence-corrected chi connectivity index (χ0v) is 18.9. The van der Waals surface area contributed by atoms with Gasteiger partial charge in [-0.15, -0.1) is 0 Å². The van der Waals surface area contributed by atoms with Gasteiger partial charge in [0, 0.05) is 18.3 Å². The average molecular weight is 435 g/mol. The van der Waals surface area contributed by atoms with Crippen LogP contribution in [-0.2, 0) is 13.0 Å². The molecule has 1 aromatic heterocycles. The van der Waals surface area contributed by atoms with Crippen molar-refractivity contribution < 1.29 is 14.7 Å². The van der Waals surface area contributed by atoms with Crippen LogP contribution in [0.4, 0.5) is 0 Å². The Morgan fingerprint density at radius 2 is 1.72 bits per heavy atom. The molecule has 2 aromatic carbocycles. The van der Waals surface area contributed by atoms with Crippen LogP contribution in [0.2, 0.25) is 0 Å². The van der Waals surface area contributed by atoms with E-state index in [4.69, 9.17) is 0 Å². The molecule has 1 N–H and O–H groups in total. The van der Waals surface area contributed by atoms with Crippen molar-refractivity contribution in [2.75, 3.05) is 0 Å². The van der Waals surface area contributed by atoms with Crippen molar-refractivity contribution >= 4 is 11.9 Å². The standard InChI is InChI=1S/C26H30N2O4/c1-4-7-24(29)28-17-21(15-10-18(2)3)27(26(28)32)16-19-11-13-20(14-12-19)22-8-5-6-9-23(22)25(30)31/h5-6,8-9,11-14,17-18H,4,7,10,15-16H2,1-3H3,(H,30,31). The molecule has 0 atom stereocenters. The number of benzene rings is 2. The first-order valence-electron chi connectivity index (χ1n) is 11.1. The number of hydrogen-bond acceptors (Lipinski definition) is 3. The Hall–Kier alpha value is -3.41. The van der Waals surface area contributed by atoms with Crippen LogP contribution in [0.15, 0.2) is 59.5 Å². The highest BCUT2D eigenvalue weighted by molar-refractivity contribution is 5.96. The molecule has 0 saturated heterocycles. The van der Waals surface area contributed by atoms with Gasteiger partial charge in [0.25, 0.3) is 0 Å². The number of carboxylic acid groups (broad SMARTS) is 1. The van der Waals surface area contributed by atoms with E-state index in [1.807, 2.05) is 37.3 Å². The number of carbonyl (C=O) groups excluding carboxylic acids is 1. The number of aromatic carboxylic acids is 1. The quantitative estimate of drug-likeness (QED) is 0.508. The summed E-state index contributed by atoms with van der Waals surface area (Å²) in [5.41, 5.74) is 3.16. The van der Waals surface area contributed by atoms with Crippen molar-refractivity contribution in [1.82, 2.24) is 9.13 Å². The normalized spacial score (nSPS) is 11.1. The Kier molecular flexibility index (Phi) is 7.46.